The largest absolute Gasteiger partial charge is 0.494 e. The lowest BCUT2D eigenvalue weighted by Gasteiger charge is -2.35. The van der Waals surface area contributed by atoms with Crippen LogP contribution >= 0.6 is 0 Å². The number of likely N-dealkylation sites (tertiary alicyclic amines) is 1. The molecule has 0 unspecified atom stereocenters. The molecule has 2 aliphatic heterocycles. The molecule has 0 aliphatic carbocycles. The van der Waals surface area contributed by atoms with Gasteiger partial charge in [0.25, 0.3) is 5.91 Å². The normalized spacial score (nSPS) is 25.0. The third-order valence-corrected chi connectivity index (χ3v) is 4.81. The Morgan fingerprint density at radius 2 is 1.93 bits per heavy atom. The third-order valence-electron chi connectivity index (χ3n) is 4.81. The maximum atomic E-state index is 12.3. The summed E-state index contributed by atoms with van der Waals surface area (Å²) in [4.78, 5) is 31.2. The van der Waals surface area contributed by atoms with Crippen LogP contribution in [0.5, 0.6) is 5.75 Å². The summed E-state index contributed by atoms with van der Waals surface area (Å²) >= 11 is 0. The molecule has 7 nitrogen and oxygen atoms in total. The van der Waals surface area contributed by atoms with E-state index in [0.29, 0.717) is 30.1 Å². The SMILES string of the molecule is CCOc1ccc(NC(=O)C[C@@H]2N=C(N3C[C@@H](C)C[C@H](C)C3)NC2=O)cc1. The van der Waals surface area contributed by atoms with Crippen LogP contribution in [0.3, 0.4) is 0 Å². The molecule has 1 aromatic carbocycles. The topological polar surface area (TPSA) is 83.0 Å². The van der Waals surface area contributed by atoms with Gasteiger partial charge in [0.1, 0.15) is 11.8 Å². The van der Waals surface area contributed by atoms with Gasteiger partial charge in [-0.2, -0.15) is 0 Å². The van der Waals surface area contributed by atoms with Crippen molar-refractivity contribution in [2.75, 3.05) is 25.0 Å². The molecule has 2 heterocycles. The van der Waals surface area contributed by atoms with E-state index in [-0.39, 0.29) is 18.2 Å². The Morgan fingerprint density at radius 3 is 2.56 bits per heavy atom. The van der Waals surface area contributed by atoms with E-state index in [9.17, 15) is 9.59 Å². The summed E-state index contributed by atoms with van der Waals surface area (Å²) in [6, 6.07) is 6.49. The Bertz CT molecular complexity index is 706. The standard InChI is InChI=1S/C20H28N4O3/c1-4-27-16-7-5-15(6-8-16)21-18(25)10-17-19(26)23-20(22-17)24-11-13(2)9-14(3)12-24/h5-8,13-14,17H,4,9-12H2,1-3H3,(H,21,25)(H,22,23,26)/t13-,14-,17-/m0/s1. The van der Waals surface area contributed by atoms with Gasteiger partial charge in [-0.1, -0.05) is 13.8 Å². The van der Waals surface area contributed by atoms with Crippen molar-refractivity contribution in [2.45, 2.75) is 39.7 Å². The predicted molar refractivity (Wildman–Crippen MR) is 105 cm³/mol. The van der Waals surface area contributed by atoms with Crippen molar-refractivity contribution in [1.29, 1.82) is 0 Å². The molecule has 1 saturated heterocycles. The van der Waals surface area contributed by atoms with E-state index in [4.69, 9.17) is 4.74 Å². The molecule has 0 bridgehead atoms. The van der Waals surface area contributed by atoms with E-state index in [2.05, 4.69) is 34.4 Å². The van der Waals surface area contributed by atoms with Crippen molar-refractivity contribution < 1.29 is 14.3 Å². The lowest BCUT2D eigenvalue weighted by atomic mass is 9.92. The van der Waals surface area contributed by atoms with Crippen molar-refractivity contribution in [3.63, 3.8) is 0 Å². The van der Waals surface area contributed by atoms with Crippen LogP contribution in [0.4, 0.5) is 5.69 Å². The van der Waals surface area contributed by atoms with Crippen molar-refractivity contribution in [3.8, 4) is 5.75 Å². The molecule has 1 aromatic rings. The zero-order valence-electron chi connectivity index (χ0n) is 16.2. The lowest BCUT2D eigenvalue weighted by Crippen LogP contribution is -2.47. The highest BCUT2D eigenvalue weighted by Gasteiger charge is 2.33. The van der Waals surface area contributed by atoms with Gasteiger partial charge in [0.05, 0.1) is 13.0 Å². The maximum Gasteiger partial charge on any atom is 0.252 e. The molecule has 0 spiro atoms. The minimum Gasteiger partial charge on any atom is -0.494 e. The van der Waals surface area contributed by atoms with Gasteiger partial charge in [0, 0.05) is 18.8 Å². The van der Waals surface area contributed by atoms with E-state index in [1.807, 2.05) is 6.92 Å². The van der Waals surface area contributed by atoms with Gasteiger partial charge in [0.2, 0.25) is 11.9 Å². The molecular formula is C20H28N4O3. The van der Waals surface area contributed by atoms with E-state index in [1.165, 1.54) is 6.42 Å². The second-order valence-electron chi connectivity index (χ2n) is 7.52. The summed E-state index contributed by atoms with van der Waals surface area (Å²) in [5.74, 6) is 2.05. The Morgan fingerprint density at radius 1 is 1.26 bits per heavy atom. The zero-order chi connectivity index (χ0) is 19.4. The molecular weight excluding hydrogens is 344 g/mol. The number of benzene rings is 1. The van der Waals surface area contributed by atoms with E-state index in [0.717, 1.165) is 18.8 Å². The maximum absolute atomic E-state index is 12.3. The average molecular weight is 372 g/mol. The molecule has 146 valence electrons. The average Bonchev–Trinajstić information content (AvgIpc) is 2.97. The number of piperidine rings is 1. The summed E-state index contributed by atoms with van der Waals surface area (Å²) < 4.78 is 5.38. The minimum absolute atomic E-state index is 0.0293. The number of ether oxygens (including phenoxy) is 1. The zero-order valence-corrected chi connectivity index (χ0v) is 16.2. The van der Waals surface area contributed by atoms with Crippen molar-refractivity contribution in [2.24, 2.45) is 16.8 Å². The molecule has 2 amide bonds. The number of nitrogens with zero attached hydrogens (tertiary/aromatic N) is 2. The summed E-state index contributed by atoms with van der Waals surface area (Å²) in [6.07, 6.45) is 1.22. The van der Waals surface area contributed by atoms with E-state index < -0.39 is 6.04 Å². The predicted octanol–water partition coefficient (Wildman–Crippen LogP) is 2.25. The second-order valence-corrected chi connectivity index (χ2v) is 7.52. The number of hydrogen-bond acceptors (Lipinski definition) is 5. The first-order chi connectivity index (χ1) is 12.9. The van der Waals surface area contributed by atoms with Crippen molar-refractivity contribution >= 4 is 23.5 Å². The molecule has 0 aromatic heterocycles. The Labute approximate surface area is 160 Å². The molecule has 2 N–H and O–H groups in total. The van der Waals surface area contributed by atoms with Crippen LogP contribution in [0.1, 0.15) is 33.6 Å². The number of amides is 2. The van der Waals surface area contributed by atoms with Gasteiger partial charge in [0.15, 0.2) is 0 Å². The minimum atomic E-state index is -0.671. The van der Waals surface area contributed by atoms with Crippen molar-refractivity contribution in [3.05, 3.63) is 24.3 Å². The highest BCUT2D eigenvalue weighted by molar-refractivity contribution is 6.07. The lowest BCUT2D eigenvalue weighted by molar-refractivity contribution is -0.124. The Hall–Kier alpha value is -2.57. The number of aliphatic imine (C=N–C) groups is 1. The van der Waals surface area contributed by atoms with Crippen LogP contribution in [0, 0.1) is 11.8 Å². The fraction of sp³-hybridized carbons (Fsp3) is 0.550. The Balaban J connectivity index is 1.57. The number of hydrogen-bond donors (Lipinski definition) is 2. The second kappa shape index (κ2) is 8.41. The summed E-state index contributed by atoms with van der Waals surface area (Å²) in [5, 5.41) is 5.66. The number of anilines is 1. The highest BCUT2D eigenvalue weighted by atomic mass is 16.5. The summed E-state index contributed by atoms with van der Waals surface area (Å²) in [5.41, 5.74) is 0.671. The Kier molecular flexibility index (Phi) is 5.98. The first kappa shape index (κ1) is 19.2. The van der Waals surface area contributed by atoms with Crippen LogP contribution < -0.4 is 15.4 Å². The van der Waals surface area contributed by atoms with Gasteiger partial charge < -0.3 is 15.0 Å². The van der Waals surface area contributed by atoms with Gasteiger partial charge in [-0.05, 0) is 49.4 Å². The molecule has 3 rings (SSSR count). The van der Waals surface area contributed by atoms with Gasteiger partial charge >= 0.3 is 0 Å². The van der Waals surface area contributed by atoms with Crippen LogP contribution in [0.25, 0.3) is 0 Å². The van der Waals surface area contributed by atoms with Crippen molar-refractivity contribution in [1.82, 2.24) is 10.2 Å². The molecule has 3 atom stereocenters. The van der Waals surface area contributed by atoms with E-state index in [1.54, 1.807) is 24.3 Å². The third kappa shape index (κ3) is 4.99. The molecule has 27 heavy (non-hydrogen) atoms. The highest BCUT2D eigenvalue weighted by Crippen LogP contribution is 2.22. The first-order valence-electron chi connectivity index (χ1n) is 9.61. The fourth-order valence-corrected chi connectivity index (χ4v) is 3.76. The number of carbonyl (C=O) groups excluding carboxylic acids is 2. The van der Waals surface area contributed by atoms with Gasteiger partial charge in [-0.15, -0.1) is 0 Å². The van der Waals surface area contributed by atoms with Crippen LogP contribution in [-0.2, 0) is 9.59 Å². The number of carbonyl (C=O) groups is 2. The monoisotopic (exact) mass is 372 g/mol. The van der Waals surface area contributed by atoms with Gasteiger partial charge in [-0.25, -0.2) is 4.99 Å². The number of nitrogens with one attached hydrogen (secondary N) is 2. The van der Waals surface area contributed by atoms with Crippen LogP contribution in [0.15, 0.2) is 29.3 Å². The number of rotatable bonds is 5. The first-order valence-corrected chi connectivity index (χ1v) is 9.61. The summed E-state index contributed by atoms with van der Waals surface area (Å²) in [7, 11) is 0. The molecule has 1 fully saturated rings. The molecule has 7 heteroatoms. The fourth-order valence-electron chi connectivity index (χ4n) is 3.76. The molecule has 0 radical (unpaired) electrons. The quantitative estimate of drug-likeness (QED) is 0.830. The van der Waals surface area contributed by atoms with E-state index >= 15 is 0 Å². The van der Waals surface area contributed by atoms with Crippen LogP contribution in [0.2, 0.25) is 0 Å². The van der Waals surface area contributed by atoms with Crippen LogP contribution in [-0.4, -0.2) is 48.4 Å². The molecule has 2 aliphatic rings. The van der Waals surface area contributed by atoms with Gasteiger partial charge in [-0.3, -0.25) is 14.9 Å². The molecule has 0 saturated carbocycles. The smallest absolute Gasteiger partial charge is 0.252 e. The number of guanidine groups is 1. The summed E-state index contributed by atoms with van der Waals surface area (Å²) in [6.45, 7) is 8.70.